The van der Waals surface area contributed by atoms with Gasteiger partial charge in [0.2, 0.25) is 0 Å². The number of hydrogen-bond acceptors (Lipinski definition) is 6. The number of rotatable bonds is 4. The van der Waals surface area contributed by atoms with Gasteiger partial charge in [-0.1, -0.05) is 12.1 Å². The molecule has 0 aromatic heterocycles. The highest BCUT2D eigenvalue weighted by molar-refractivity contribution is 5.82. The van der Waals surface area contributed by atoms with E-state index in [1.54, 1.807) is 45.0 Å². The first-order chi connectivity index (χ1) is 11.7. The van der Waals surface area contributed by atoms with Crippen LogP contribution in [0.2, 0.25) is 0 Å². The van der Waals surface area contributed by atoms with Crippen LogP contribution < -0.4 is 4.74 Å². The van der Waals surface area contributed by atoms with E-state index in [9.17, 15) is 14.7 Å². The molecule has 138 valence electrons. The molecule has 2 rings (SSSR count). The van der Waals surface area contributed by atoms with E-state index in [0.717, 1.165) is 5.56 Å². The third-order valence-corrected chi connectivity index (χ3v) is 3.75. The summed E-state index contributed by atoms with van der Waals surface area (Å²) in [6, 6.07) is 6.31. The SMILES string of the molecule is COC(=O)[C@@H]1C[C@@H](Oc2cccc(CO)c2)CN1C(=O)OC(C)(C)C. The van der Waals surface area contributed by atoms with E-state index in [1.807, 2.05) is 0 Å². The summed E-state index contributed by atoms with van der Waals surface area (Å²) < 4.78 is 16.1. The summed E-state index contributed by atoms with van der Waals surface area (Å²) in [5, 5.41) is 9.21. The normalized spacial score (nSPS) is 20.3. The fraction of sp³-hybridized carbons (Fsp3) is 0.556. The van der Waals surface area contributed by atoms with E-state index in [0.29, 0.717) is 12.2 Å². The average Bonchev–Trinajstić information content (AvgIpc) is 2.96. The van der Waals surface area contributed by atoms with Crippen molar-refractivity contribution in [2.24, 2.45) is 0 Å². The summed E-state index contributed by atoms with van der Waals surface area (Å²) in [5.74, 6) is 0.0762. The Morgan fingerprint density at radius 1 is 1.32 bits per heavy atom. The molecular formula is C18H25NO6. The lowest BCUT2D eigenvalue weighted by Crippen LogP contribution is -2.44. The molecule has 2 atom stereocenters. The fourth-order valence-corrected chi connectivity index (χ4v) is 2.67. The van der Waals surface area contributed by atoms with Crippen LogP contribution in [-0.4, -0.2) is 53.5 Å². The Bertz CT molecular complexity index is 624. The maximum absolute atomic E-state index is 12.4. The molecule has 1 aromatic carbocycles. The van der Waals surface area contributed by atoms with Crippen molar-refractivity contribution in [2.75, 3.05) is 13.7 Å². The molecule has 1 saturated heterocycles. The fourth-order valence-electron chi connectivity index (χ4n) is 2.67. The van der Waals surface area contributed by atoms with Crippen LogP contribution in [0.1, 0.15) is 32.8 Å². The van der Waals surface area contributed by atoms with Crippen LogP contribution in [0, 0.1) is 0 Å². The van der Waals surface area contributed by atoms with E-state index < -0.39 is 23.7 Å². The first-order valence-corrected chi connectivity index (χ1v) is 8.17. The van der Waals surface area contributed by atoms with Gasteiger partial charge in [0.25, 0.3) is 0 Å². The average molecular weight is 351 g/mol. The van der Waals surface area contributed by atoms with Gasteiger partial charge in [-0.05, 0) is 38.5 Å². The Morgan fingerprint density at radius 2 is 2.04 bits per heavy atom. The first kappa shape index (κ1) is 19.1. The number of carbonyl (C=O) groups excluding carboxylic acids is 2. The minimum atomic E-state index is -0.745. The lowest BCUT2D eigenvalue weighted by molar-refractivity contribution is -0.145. The van der Waals surface area contributed by atoms with E-state index in [2.05, 4.69) is 0 Å². The van der Waals surface area contributed by atoms with Crippen molar-refractivity contribution < 1.29 is 28.9 Å². The summed E-state index contributed by atoms with van der Waals surface area (Å²) in [5.41, 5.74) is 0.0654. The lowest BCUT2D eigenvalue weighted by atomic mass is 10.2. The number of hydrogen-bond donors (Lipinski definition) is 1. The van der Waals surface area contributed by atoms with Crippen molar-refractivity contribution in [3.8, 4) is 5.75 Å². The highest BCUT2D eigenvalue weighted by Gasteiger charge is 2.43. The number of nitrogens with zero attached hydrogens (tertiary/aromatic N) is 1. The van der Waals surface area contributed by atoms with Crippen molar-refractivity contribution >= 4 is 12.1 Å². The van der Waals surface area contributed by atoms with Crippen LogP contribution in [-0.2, 0) is 20.9 Å². The standard InChI is InChI=1S/C18H25NO6/c1-18(2,3)25-17(22)19-10-14(9-15(19)16(21)23-4)24-13-7-5-6-12(8-13)11-20/h5-8,14-15,20H,9-11H2,1-4H3/t14-,15+/m1/s1. The summed E-state index contributed by atoms with van der Waals surface area (Å²) >= 11 is 0. The molecule has 25 heavy (non-hydrogen) atoms. The molecule has 1 aliphatic heterocycles. The van der Waals surface area contributed by atoms with Gasteiger partial charge in [-0.15, -0.1) is 0 Å². The Morgan fingerprint density at radius 3 is 2.64 bits per heavy atom. The van der Waals surface area contributed by atoms with Crippen molar-refractivity contribution in [2.45, 2.75) is 51.5 Å². The smallest absolute Gasteiger partial charge is 0.411 e. The number of amides is 1. The predicted octanol–water partition coefficient (Wildman–Crippen LogP) is 2.11. The summed E-state index contributed by atoms with van der Waals surface area (Å²) in [4.78, 5) is 25.8. The molecule has 7 heteroatoms. The Kier molecular flexibility index (Phi) is 5.89. The second-order valence-electron chi connectivity index (χ2n) is 6.95. The van der Waals surface area contributed by atoms with E-state index in [1.165, 1.54) is 12.0 Å². The number of ether oxygens (including phenoxy) is 3. The second kappa shape index (κ2) is 7.74. The van der Waals surface area contributed by atoms with Crippen molar-refractivity contribution in [3.63, 3.8) is 0 Å². The van der Waals surface area contributed by atoms with Crippen LogP contribution >= 0.6 is 0 Å². The lowest BCUT2D eigenvalue weighted by Gasteiger charge is -2.27. The van der Waals surface area contributed by atoms with E-state index >= 15 is 0 Å². The van der Waals surface area contributed by atoms with Gasteiger partial charge in [-0.3, -0.25) is 4.90 Å². The van der Waals surface area contributed by atoms with Gasteiger partial charge in [0.15, 0.2) is 0 Å². The second-order valence-corrected chi connectivity index (χ2v) is 6.95. The molecule has 0 saturated carbocycles. The number of carbonyl (C=O) groups is 2. The van der Waals surface area contributed by atoms with Gasteiger partial charge < -0.3 is 19.3 Å². The maximum atomic E-state index is 12.4. The molecule has 1 N–H and O–H groups in total. The largest absolute Gasteiger partial charge is 0.488 e. The molecule has 0 radical (unpaired) electrons. The zero-order valence-corrected chi connectivity index (χ0v) is 15.0. The molecule has 0 bridgehead atoms. The monoisotopic (exact) mass is 351 g/mol. The molecule has 1 amide bonds. The van der Waals surface area contributed by atoms with Gasteiger partial charge >= 0.3 is 12.1 Å². The van der Waals surface area contributed by atoms with E-state index in [4.69, 9.17) is 14.2 Å². The topological polar surface area (TPSA) is 85.3 Å². The molecule has 1 fully saturated rings. The van der Waals surface area contributed by atoms with E-state index in [-0.39, 0.29) is 19.3 Å². The molecule has 1 aliphatic rings. The molecule has 0 aliphatic carbocycles. The Labute approximate surface area is 147 Å². The van der Waals surface area contributed by atoms with Crippen LogP contribution in [0.4, 0.5) is 4.79 Å². The minimum Gasteiger partial charge on any atom is -0.488 e. The zero-order chi connectivity index (χ0) is 18.6. The molecular weight excluding hydrogens is 326 g/mol. The van der Waals surface area contributed by atoms with Crippen molar-refractivity contribution in [1.82, 2.24) is 4.90 Å². The van der Waals surface area contributed by atoms with Gasteiger partial charge in [0, 0.05) is 6.42 Å². The summed E-state index contributed by atoms with van der Waals surface area (Å²) in [7, 11) is 1.29. The number of aliphatic hydroxyl groups excluding tert-OH is 1. The van der Waals surface area contributed by atoms with Crippen LogP contribution in [0.25, 0.3) is 0 Å². The summed E-state index contributed by atoms with van der Waals surface area (Å²) in [6.45, 7) is 5.43. The zero-order valence-electron chi connectivity index (χ0n) is 15.0. The van der Waals surface area contributed by atoms with Gasteiger partial charge in [0.05, 0.1) is 20.3 Å². The van der Waals surface area contributed by atoms with Gasteiger partial charge in [-0.2, -0.15) is 0 Å². The van der Waals surface area contributed by atoms with Crippen molar-refractivity contribution in [3.05, 3.63) is 29.8 Å². The van der Waals surface area contributed by atoms with Crippen LogP contribution in [0.15, 0.2) is 24.3 Å². The Hall–Kier alpha value is -2.28. The van der Waals surface area contributed by atoms with Crippen molar-refractivity contribution in [1.29, 1.82) is 0 Å². The molecule has 7 nitrogen and oxygen atoms in total. The first-order valence-electron chi connectivity index (χ1n) is 8.17. The van der Waals surface area contributed by atoms with Gasteiger partial charge in [0.1, 0.15) is 23.5 Å². The third kappa shape index (κ3) is 5.09. The number of esters is 1. The highest BCUT2D eigenvalue weighted by atomic mass is 16.6. The number of benzene rings is 1. The van der Waals surface area contributed by atoms with Gasteiger partial charge in [-0.25, -0.2) is 9.59 Å². The third-order valence-electron chi connectivity index (χ3n) is 3.75. The number of likely N-dealkylation sites (tertiary alicyclic amines) is 1. The highest BCUT2D eigenvalue weighted by Crippen LogP contribution is 2.26. The predicted molar refractivity (Wildman–Crippen MR) is 90.1 cm³/mol. The maximum Gasteiger partial charge on any atom is 0.411 e. The van der Waals surface area contributed by atoms with Crippen LogP contribution in [0.3, 0.4) is 0 Å². The number of methoxy groups -OCH3 is 1. The number of aliphatic hydroxyl groups is 1. The molecule has 0 unspecified atom stereocenters. The minimum absolute atomic E-state index is 0.0866. The Balaban J connectivity index is 2.11. The summed E-state index contributed by atoms with van der Waals surface area (Å²) in [6.07, 6.45) is -0.626. The quantitative estimate of drug-likeness (QED) is 0.836. The molecule has 1 heterocycles. The molecule has 1 aromatic rings. The van der Waals surface area contributed by atoms with Crippen LogP contribution in [0.5, 0.6) is 5.75 Å². The molecule has 0 spiro atoms.